The second-order valence-corrected chi connectivity index (χ2v) is 9.44. The van der Waals surface area contributed by atoms with Crippen molar-refractivity contribution in [1.82, 2.24) is 0 Å². The smallest absolute Gasteiger partial charge is 0.328 e. The molecule has 0 radical (unpaired) electrons. The highest BCUT2D eigenvalue weighted by molar-refractivity contribution is 9.10. The normalized spacial score (nSPS) is 13.7. The lowest BCUT2D eigenvalue weighted by Crippen LogP contribution is -1.98. The van der Waals surface area contributed by atoms with Gasteiger partial charge in [0.25, 0.3) is 0 Å². The molecule has 0 aliphatic heterocycles. The molecule has 26 heavy (non-hydrogen) atoms. The van der Waals surface area contributed by atoms with Crippen LogP contribution < -0.4 is 4.74 Å². The number of hydrogen-bond acceptors (Lipinski definition) is 4. The van der Waals surface area contributed by atoms with Crippen LogP contribution in [0.5, 0.6) is 17.2 Å². The van der Waals surface area contributed by atoms with Crippen LogP contribution in [0.25, 0.3) is 0 Å². The summed E-state index contributed by atoms with van der Waals surface area (Å²) in [7, 11) is -2.29. The minimum absolute atomic E-state index is 0.0608. The maximum absolute atomic E-state index is 11.6. The fourth-order valence-corrected chi connectivity index (χ4v) is 4.02. The quantitative estimate of drug-likeness (QED) is 0.533. The van der Waals surface area contributed by atoms with Crippen molar-refractivity contribution in [3.63, 3.8) is 0 Å². The average molecular weight is 443 g/mol. The molecule has 1 unspecified atom stereocenters. The number of aromatic hydroxyl groups is 1. The lowest BCUT2D eigenvalue weighted by molar-refractivity contribution is 0.316. The van der Waals surface area contributed by atoms with E-state index in [1.807, 2.05) is 39.0 Å². The molecule has 2 aromatic carbocycles. The number of hydrogen-bond donors (Lipinski definition) is 2. The van der Waals surface area contributed by atoms with Crippen LogP contribution in [0.2, 0.25) is 0 Å². The molecular formula is C19H24BrO5P. The number of phenols is 1. The van der Waals surface area contributed by atoms with E-state index in [4.69, 9.17) is 4.74 Å². The maximum Gasteiger partial charge on any atom is 0.328 e. The van der Waals surface area contributed by atoms with E-state index < -0.39 is 7.60 Å². The highest BCUT2D eigenvalue weighted by atomic mass is 79.9. The Morgan fingerprint density at radius 2 is 1.92 bits per heavy atom. The van der Waals surface area contributed by atoms with Crippen LogP contribution >= 0.6 is 23.5 Å². The molecule has 0 aliphatic rings. The molecule has 0 amide bonds. The van der Waals surface area contributed by atoms with Gasteiger partial charge >= 0.3 is 7.60 Å². The lowest BCUT2D eigenvalue weighted by Gasteiger charge is -2.15. The monoisotopic (exact) mass is 442 g/mol. The largest absolute Gasteiger partial charge is 0.508 e. The molecular weight excluding hydrogens is 419 g/mol. The summed E-state index contributed by atoms with van der Waals surface area (Å²) in [5, 5.41) is 9.94. The van der Waals surface area contributed by atoms with Crippen molar-refractivity contribution in [3.05, 3.63) is 51.5 Å². The molecule has 2 N–H and O–H groups in total. The first-order valence-electron chi connectivity index (χ1n) is 8.30. The molecule has 1 atom stereocenters. The lowest BCUT2D eigenvalue weighted by atomic mass is 10.0. The van der Waals surface area contributed by atoms with Gasteiger partial charge in [0.05, 0.1) is 10.6 Å². The van der Waals surface area contributed by atoms with E-state index in [-0.39, 0.29) is 17.8 Å². The Kier molecular flexibility index (Phi) is 6.92. The first-order chi connectivity index (χ1) is 12.1. The fraction of sp³-hybridized carbons (Fsp3) is 0.368. The molecule has 2 rings (SSSR count). The Morgan fingerprint density at radius 3 is 2.50 bits per heavy atom. The van der Waals surface area contributed by atoms with Gasteiger partial charge < -0.3 is 19.3 Å². The second-order valence-electron chi connectivity index (χ2n) is 6.49. The standard InChI is InChI=1S/C19H24BrO5P/c1-12(2)16-11-15(5-6-18(16)21)25-19-13(3)9-14(10-17(19)20)7-8-26(22,23)24-4/h5-6,9-12,21H,7-8H2,1-4H3,(H,22,23). The number of halogens is 1. The van der Waals surface area contributed by atoms with Crippen molar-refractivity contribution < 1.29 is 23.8 Å². The zero-order valence-electron chi connectivity index (χ0n) is 15.3. The summed E-state index contributed by atoms with van der Waals surface area (Å²) < 4.78 is 23.0. The molecule has 7 heteroatoms. The van der Waals surface area contributed by atoms with Gasteiger partial charge in [0.1, 0.15) is 17.2 Å². The summed E-state index contributed by atoms with van der Waals surface area (Å²) >= 11 is 3.52. The van der Waals surface area contributed by atoms with Gasteiger partial charge in [-0.2, -0.15) is 0 Å². The number of aryl methyl sites for hydroxylation is 2. The number of phenolic OH excluding ortho intramolecular Hbond substituents is 1. The van der Waals surface area contributed by atoms with Gasteiger partial charge in [0, 0.05) is 12.7 Å². The van der Waals surface area contributed by atoms with E-state index in [0.29, 0.717) is 17.9 Å². The van der Waals surface area contributed by atoms with Crippen LogP contribution in [-0.4, -0.2) is 23.3 Å². The molecule has 0 heterocycles. The third kappa shape index (κ3) is 5.34. The van der Waals surface area contributed by atoms with Crippen LogP contribution in [0.3, 0.4) is 0 Å². The molecule has 0 spiro atoms. The Hall–Kier alpha value is -1.33. The fourth-order valence-electron chi connectivity index (χ4n) is 2.61. The summed E-state index contributed by atoms with van der Waals surface area (Å²) in [6.07, 6.45) is 0.489. The van der Waals surface area contributed by atoms with E-state index >= 15 is 0 Å². The van der Waals surface area contributed by atoms with Crippen molar-refractivity contribution >= 4 is 23.5 Å². The maximum atomic E-state index is 11.6. The first-order valence-corrected chi connectivity index (χ1v) is 10.9. The molecule has 0 aliphatic carbocycles. The Morgan fingerprint density at radius 1 is 1.23 bits per heavy atom. The van der Waals surface area contributed by atoms with Crippen molar-refractivity contribution in [2.75, 3.05) is 13.3 Å². The molecule has 0 aromatic heterocycles. The molecule has 0 saturated carbocycles. The summed E-state index contributed by atoms with van der Waals surface area (Å²) in [5.74, 6) is 1.75. The third-order valence-corrected chi connectivity index (χ3v) is 6.05. The van der Waals surface area contributed by atoms with Crippen LogP contribution in [0.1, 0.15) is 36.5 Å². The summed E-state index contributed by atoms with van der Waals surface area (Å²) in [5.41, 5.74) is 2.64. The third-order valence-electron chi connectivity index (χ3n) is 4.10. The zero-order valence-corrected chi connectivity index (χ0v) is 17.8. The molecule has 2 aromatic rings. The van der Waals surface area contributed by atoms with Crippen LogP contribution in [-0.2, 0) is 15.5 Å². The van der Waals surface area contributed by atoms with Gasteiger partial charge in [0.15, 0.2) is 0 Å². The molecule has 0 saturated heterocycles. The first kappa shape index (κ1) is 21.0. The van der Waals surface area contributed by atoms with E-state index in [2.05, 4.69) is 20.5 Å². The van der Waals surface area contributed by atoms with Gasteiger partial charge in [-0.05, 0) is 70.6 Å². The summed E-state index contributed by atoms with van der Waals surface area (Å²) in [6.45, 7) is 5.94. The Bertz CT molecular complexity index is 812. The van der Waals surface area contributed by atoms with E-state index in [1.54, 1.807) is 12.1 Å². The topological polar surface area (TPSA) is 76.0 Å². The van der Waals surface area contributed by atoms with Crippen molar-refractivity contribution in [1.29, 1.82) is 0 Å². The minimum Gasteiger partial charge on any atom is -0.508 e. The Balaban J connectivity index is 2.23. The van der Waals surface area contributed by atoms with Crippen molar-refractivity contribution in [2.24, 2.45) is 0 Å². The highest BCUT2D eigenvalue weighted by Gasteiger charge is 2.18. The summed E-state index contributed by atoms with van der Waals surface area (Å²) in [6, 6.07) is 9.00. The van der Waals surface area contributed by atoms with Crippen LogP contribution in [0, 0.1) is 6.92 Å². The number of ether oxygens (including phenoxy) is 1. The average Bonchev–Trinajstić information content (AvgIpc) is 2.57. The van der Waals surface area contributed by atoms with Crippen molar-refractivity contribution in [2.45, 2.75) is 33.1 Å². The predicted octanol–water partition coefficient (Wildman–Crippen LogP) is 5.75. The summed E-state index contributed by atoms with van der Waals surface area (Å²) in [4.78, 5) is 9.54. The van der Waals surface area contributed by atoms with Gasteiger partial charge in [0.2, 0.25) is 0 Å². The van der Waals surface area contributed by atoms with Crippen molar-refractivity contribution in [3.8, 4) is 17.2 Å². The highest BCUT2D eigenvalue weighted by Crippen LogP contribution is 2.42. The van der Waals surface area contributed by atoms with E-state index in [9.17, 15) is 14.6 Å². The van der Waals surface area contributed by atoms with Gasteiger partial charge in [-0.15, -0.1) is 0 Å². The van der Waals surface area contributed by atoms with Gasteiger partial charge in [-0.1, -0.05) is 19.9 Å². The minimum atomic E-state index is -3.53. The second kappa shape index (κ2) is 8.57. The number of rotatable bonds is 7. The van der Waals surface area contributed by atoms with Crippen LogP contribution in [0.15, 0.2) is 34.8 Å². The van der Waals surface area contributed by atoms with Crippen LogP contribution in [0.4, 0.5) is 0 Å². The zero-order chi connectivity index (χ0) is 19.5. The SMILES string of the molecule is COP(=O)(O)CCc1cc(C)c(Oc2ccc(O)c(C(C)C)c2)c(Br)c1. The molecule has 0 bridgehead atoms. The van der Waals surface area contributed by atoms with Gasteiger partial charge in [-0.25, -0.2) is 0 Å². The van der Waals surface area contributed by atoms with E-state index in [0.717, 1.165) is 21.2 Å². The molecule has 0 fully saturated rings. The molecule has 5 nitrogen and oxygen atoms in total. The molecule has 142 valence electrons. The Labute approximate surface area is 162 Å². The van der Waals surface area contributed by atoms with Gasteiger partial charge in [-0.3, -0.25) is 4.57 Å². The predicted molar refractivity (Wildman–Crippen MR) is 107 cm³/mol. The number of benzene rings is 2. The van der Waals surface area contributed by atoms with E-state index in [1.165, 1.54) is 7.11 Å².